The zero-order valence-corrected chi connectivity index (χ0v) is 12.5. The minimum absolute atomic E-state index is 0.190. The third-order valence-electron chi connectivity index (χ3n) is 3.32. The van der Waals surface area contributed by atoms with E-state index in [1.807, 2.05) is 49.4 Å². The van der Waals surface area contributed by atoms with E-state index in [1.165, 1.54) is 0 Å². The molecule has 0 saturated carbocycles. The molecule has 1 aromatic heterocycles. The summed E-state index contributed by atoms with van der Waals surface area (Å²) in [6.07, 6.45) is 0. The molecule has 0 aliphatic heterocycles. The number of anilines is 1. The second-order valence-corrected chi connectivity index (χ2v) is 5.30. The van der Waals surface area contributed by atoms with Crippen LogP contribution in [0.1, 0.15) is 12.5 Å². The van der Waals surface area contributed by atoms with Gasteiger partial charge >= 0.3 is 0 Å². The number of fused-ring (bicyclic) bond motifs is 1. The van der Waals surface area contributed by atoms with Crippen molar-refractivity contribution in [2.75, 3.05) is 5.32 Å². The van der Waals surface area contributed by atoms with E-state index < -0.39 is 0 Å². The second kappa shape index (κ2) is 5.48. The molecule has 1 N–H and O–H groups in total. The van der Waals surface area contributed by atoms with Gasteiger partial charge in [0.15, 0.2) is 5.58 Å². The molecule has 3 aromatic rings. The van der Waals surface area contributed by atoms with Gasteiger partial charge in [-0.05, 0) is 55.8 Å². The summed E-state index contributed by atoms with van der Waals surface area (Å²) < 4.78 is 5.76. The number of nitrogens with one attached hydrogen (secondary N) is 1. The van der Waals surface area contributed by atoms with Gasteiger partial charge in [0.1, 0.15) is 5.52 Å². The molecule has 22 heavy (non-hydrogen) atoms. The van der Waals surface area contributed by atoms with Crippen LogP contribution in [0, 0.1) is 6.92 Å². The predicted octanol–water partition coefficient (Wildman–Crippen LogP) is 4.32. The molecule has 0 fully saturated rings. The zero-order chi connectivity index (χ0) is 15.7. The van der Waals surface area contributed by atoms with E-state index in [0.717, 1.165) is 22.2 Å². The van der Waals surface area contributed by atoms with Gasteiger partial charge in [-0.15, -0.1) is 0 Å². The average Bonchev–Trinajstić information content (AvgIpc) is 2.90. The number of hydrogen-bond donors (Lipinski definition) is 1. The first kappa shape index (κ1) is 14.1. The van der Waals surface area contributed by atoms with Gasteiger partial charge in [-0.25, -0.2) is 4.98 Å². The Bertz CT molecular complexity index is 860. The topological polar surface area (TPSA) is 55.1 Å². The van der Waals surface area contributed by atoms with Gasteiger partial charge in [0.25, 0.3) is 5.91 Å². The Balaban J connectivity index is 1.88. The van der Waals surface area contributed by atoms with Crippen LogP contribution in [0.15, 0.2) is 59.0 Å². The van der Waals surface area contributed by atoms with Gasteiger partial charge in [-0.2, -0.15) is 0 Å². The maximum atomic E-state index is 11.6. The molecule has 0 aliphatic rings. The lowest BCUT2D eigenvalue weighted by Crippen LogP contribution is -2.11. The standard InChI is InChI=1S/C18H16N2O2/c1-11(2)17(21)19-14-7-5-13(6-8-14)18-20-15-10-12(3)4-9-16(15)22-18/h4-10H,1H2,2-3H3,(H,19,21). The smallest absolute Gasteiger partial charge is 0.250 e. The molecule has 0 spiro atoms. The van der Waals surface area contributed by atoms with Crippen molar-refractivity contribution >= 4 is 22.7 Å². The Kier molecular flexibility index (Phi) is 3.51. The van der Waals surface area contributed by atoms with E-state index in [2.05, 4.69) is 16.9 Å². The third-order valence-corrected chi connectivity index (χ3v) is 3.32. The summed E-state index contributed by atoms with van der Waals surface area (Å²) in [6, 6.07) is 13.3. The number of hydrogen-bond acceptors (Lipinski definition) is 3. The van der Waals surface area contributed by atoms with Crippen molar-refractivity contribution < 1.29 is 9.21 Å². The highest BCUT2D eigenvalue weighted by Crippen LogP contribution is 2.25. The van der Waals surface area contributed by atoms with Crippen LogP contribution in [0.2, 0.25) is 0 Å². The van der Waals surface area contributed by atoms with Gasteiger partial charge in [0, 0.05) is 16.8 Å². The molecule has 0 aliphatic carbocycles. The molecule has 3 rings (SSSR count). The van der Waals surface area contributed by atoms with Gasteiger partial charge in [0.05, 0.1) is 0 Å². The van der Waals surface area contributed by atoms with Gasteiger partial charge in [0.2, 0.25) is 5.89 Å². The molecule has 0 atom stereocenters. The van der Waals surface area contributed by atoms with Crippen molar-refractivity contribution in [1.29, 1.82) is 0 Å². The van der Waals surface area contributed by atoms with E-state index in [0.29, 0.717) is 17.2 Å². The predicted molar refractivity (Wildman–Crippen MR) is 87.6 cm³/mol. The van der Waals surface area contributed by atoms with Crippen molar-refractivity contribution in [2.24, 2.45) is 0 Å². The Labute approximate surface area is 128 Å². The number of amides is 1. The third kappa shape index (κ3) is 2.76. The normalized spacial score (nSPS) is 10.6. The first-order chi connectivity index (χ1) is 10.5. The lowest BCUT2D eigenvalue weighted by Gasteiger charge is -2.04. The molecule has 0 unspecified atom stereocenters. The minimum Gasteiger partial charge on any atom is -0.436 e. The van der Waals surface area contributed by atoms with Crippen LogP contribution in [0.4, 0.5) is 5.69 Å². The maximum Gasteiger partial charge on any atom is 0.250 e. The summed E-state index contributed by atoms with van der Waals surface area (Å²) in [5.41, 5.74) is 4.80. The van der Waals surface area contributed by atoms with Crippen molar-refractivity contribution in [2.45, 2.75) is 13.8 Å². The minimum atomic E-state index is -0.190. The number of benzene rings is 2. The fourth-order valence-corrected chi connectivity index (χ4v) is 2.09. The lowest BCUT2D eigenvalue weighted by molar-refractivity contribution is -0.112. The van der Waals surface area contributed by atoms with Gasteiger partial charge < -0.3 is 9.73 Å². The number of rotatable bonds is 3. The van der Waals surface area contributed by atoms with E-state index in [9.17, 15) is 4.79 Å². The molecular weight excluding hydrogens is 276 g/mol. The fourth-order valence-electron chi connectivity index (χ4n) is 2.09. The first-order valence-electron chi connectivity index (χ1n) is 6.97. The molecule has 0 radical (unpaired) electrons. The molecule has 4 heteroatoms. The maximum absolute atomic E-state index is 11.6. The molecule has 2 aromatic carbocycles. The zero-order valence-electron chi connectivity index (χ0n) is 12.5. The number of aromatic nitrogens is 1. The average molecular weight is 292 g/mol. The van der Waals surface area contributed by atoms with Crippen LogP contribution in [-0.2, 0) is 4.79 Å². The number of nitrogens with zero attached hydrogens (tertiary/aromatic N) is 1. The van der Waals surface area contributed by atoms with Crippen molar-refractivity contribution in [3.05, 3.63) is 60.2 Å². The SMILES string of the molecule is C=C(C)C(=O)Nc1ccc(-c2nc3cc(C)ccc3o2)cc1. The van der Waals surface area contributed by atoms with Crippen LogP contribution < -0.4 is 5.32 Å². The molecule has 1 amide bonds. The molecular formula is C18H16N2O2. The summed E-state index contributed by atoms with van der Waals surface area (Å²) in [6.45, 7) is 7.30. The molecule has 110 valence electrons. The Hall–Kier alpha value is -2.88. The van der Waals surface area contributed by atoms with E-state index in [4.69, 9.17) is 4.42 Å². The largest absolute Gasteiger partial charge is 0.436 e. The Morgan fingerprint density at radius 3 is 2.59 bits per heavy atom. The van der Waals surface area contributed by atoms with Gasteiger partial charge in [-0.3, -0.25) is 4.79 Å². The Morgan fingerprint density at radius 2 is 1.91 bits per heavy atom. The molecule has 1 heterocycles. The quantitative estimate of drug-likeness (QED) is 0.731. The highest BCUT2D eigenvalue weighted by Gasteiger charge is 2.09. The van der Waals surface area contributed by atoms with E-state index >= 15 is 0 Å². The number of carbonyl (C=O) groups is 1. The second-order valence-electron chi connectivity index (χ2n) is 5.30. The van der Waals surface area contributed by atoms with Crippen molar-refractivity contribution in [3.8, 4) is 11.5 Å². The molecule has 4 nitrogen and oxygen atoms in total. The number of aryl methyl sites for hydroxylation is 1. The number of carbonyl (C=O) groups excluding carboxylic acids is 1. The summed E-state index contributed by atoms with van der Waals surface area (Å²) >= 11 is 0. The van der Waals surface area contributed by atoms with E-state index in [-0.39, 0.29) is 5.91 Å². The van der Waals surface area contributed by atoms with Crippen LogP contribution in [0.5, 0.6) is 0 Å². The highest BCUT2D eigenvalue weighted by molar-refractivity contribution is 6.02. The Morgan fingerprint density at radius 1 is 1.18 bits per heavy atom. The molecule has 0 saturated heterocycles. The summed E-state index contributed by atoms with van der Waals surface area (Å²) in [7, 11) is 0. The van der Waals surface area contributed by atoms with Crippen molar-refractivity contribution in [3.63, 3.8) is 0 Å². The summed E-state index contributed by atoms with van der Waals surface area (Å²) in [4.78, 5) is 16.1. The lowest BCUT2D eigenvalue weighted by atomic mass is 10.2. The van der Waals surface area contributed by atoms with Crippen LogP contribution in [-0.4, -0.2) is 10.9 Å². The summed E-state index contributed by atoms with van der Waals surface area (Å²) in [5, 5.41) is 2.76. The van der Waals surface area contributed by atoms with Crippen molar-refractivity contribution in [1.82, 2.24) is 4.98 Å². The fraction of sp³-hybridized carbons (Fsp3) is 0.111. The van der Waals surface area contributed by atoms with Crippen LogP contribution in [0.25, 0.3) is 22.6 Å². The van der Waals surface area contributed by atoms with Crippen LogP contribution >= 0.6 is 0 Å². The van der Waals surface area contributed by atoms with E-state index in [1.54, 1.807) is 6.92 Å². The van der Waals surface area contributed by atoms with Gasteiger partial charge in [-0.1, -0.05) is 12.6 Å². The monoisotopic (exact) mass is 292 g/mol. The highest BCUT2D eigenvalue weighted by atomic mass is 16.3. The van der Waals surface area contributed by atoms with Crippen LogP contribution in [0.3, 0.4) is 0 Å². The first-order valence-corrected chi connectivity index (χ1v) is 6.97. The molecule has 0 bridgehead atoms. The summed E-state index contributed by atoms with van der Waals surface area (Å²) in [5.74, 6) is 0.378. The number of oxazole rings is 1.